The van der Waals surface area contributed by atoms with Crippen molar-refractivity contribution in [2.24, 2.45) is 5.10 Å². The smallest absolute Gasteiger partial charge is 0.311 e. The van der Waals surface area contributed by atoms with Crippen LogP contribution in [0, 0.1) is 17.0 Å². The molecule has 0 fully saturated rings. The molecule has 2 aromatic rings. The molecule has 0 atom stereocenters. The second-order valence-electron chi connectivity index (χ2n) is 5.14. The Kier molecular flexibility index (Phi) is 6.70. The summed E-state index contributed by atoms with van der Waals surface area (Å²) in [4.78, 5) is 22.2. The van der Waals surface area contributed by atoms with Gasteiger partial charge in [-0.25, -0.2) is 5.43 Å². The molecule has 0 heterocycles. The van der Waals surface area contributed by atoms with Crippen molar-refractivity contribution in [3.05, 3.63) is 60.5 Å². The Labute approximate surface area is 165 Å². The molecule has 0 unspecified atom stereocenters. The third-order valence-corrected chi connectivity index (χ3v) is 4.32. The van der Waals surface area contributed by atoms with Gasteiger partial charge < -0.3 is 9.84 Å². The Morgan fingerprint density at radius 3 is 2.62 bits per heavy atom. The number of rotatable bonds is 6. The summed E-state index contributed by atoms with van der Waals surface area (Å²) in [6, 6.07) is 7.68. The summed E-state index contributed by atoms with van der Waals surface area (Å²) in [5.74, 6) is -0.515. The van der Waals surface area contributed by atoms with Crippen molar-refractivity contribution in [3.63, 3.8) is 0 Å². The number of amides is 1. The Morgan fingerprint density at radius 2 is 2.00 bits per heavy atom. The minimum Gasteiger partial charge on any atom is -0.506 e. The summed E-state index contributed by atoms with van der Waals surface area (Å²) >= 11 is 6.38. The van der Waals surface area contributed by atoms with Gasteiger partial charge in [-0.15, -0.1) is 0 Å². The van der Waals surface area contributed by atoms with E-state index in [4.69, 9.17) is 4.74 Å². The number of phenolic OH excluding ortho intramolecular Hbond substituents is 1. The number of carbonyl (C=O) groups excluding carboxylic acids is 1. The van der Waals surface area contributed by atoms with E-state index in [1.165, 1.54) is 18.3 Å². The van der Waals surface area contributed by atoms with Crippen molar-refractivity contribution < 1.29 is 19.6 Å². The van der Waals surface area contributed by atoms with Crippen LogP contribution in [0.15, 0.2) is 44.4 Å². The molecule has 8 nitrogen and oxygen atoms in total. The van der Waals surface area contributed by atoms with Gasteiger partial charge in [-0.3, -0.25) is 14.9 Å². The summed E-state index contributed by atoms with van der Waals surface area (Å²) in [5, 5.41) is 24.4. The van der Waals surface area contributed by atoms with Gasteiger partial charge in [0.05, 0.1) is 20.1 Å². The number of halogens is 2. The van der Waals surface area contributed by atoms with Crippen LogP contribution in [-0.4, -0.2) is 28.8 Å². The summed E-state index contributed by atoms with van der Waals surface area (Å²) in [6.45, 7) is 1.29. The first kappa shape index (κ1) is 19.9. The number of benzene rings is 2. The van der Waals surface area contributed by atoms with E-state index in [9.17, 15) is 20.0 Å². The second-order valence-corrected chi connectivity index (χ2v) is 6.85. The fraction of sp³-hybridized carbons (Fsp3) is 0.125. The maximum atomic E-state index is 11.8. The van der Waals surface area contributed by atoms with Crippen LogP contribution in [0.1, 0.15) is 11.1 Å². The number of nitrogens with one attached hydrogen (secondary N) is 1. The van der Waals surface area contributed by atoms with E-state index in [-0.39, 0.29) is 17.2 Å². The van der Waals surface area contributed by atoms with E-state index in [1.54, 1.807) is 25.1 Å². The lowest BCUT2D eigenvalue weighted by Gasteiger charge is -2.06. The normalized spacial score (nSPS) is 10.7. The average Bonchev–Trinajstić information content (AvgIpc) is 2.58. The number of nitro benzene ring substituents is 1. The predicted molar refractivity (Wildman–Crippen MR) is 103 cm³/mol. The average molecular weight is 487 g/mol. The van der Waals surface area contributed by atoms with E-state index in [2.05, 4.69) is 42.4 Å². The lowest BCUT2D eigenvalue weighted by molar-refractivity contribution is -0.385. The van der Waals surface area contributed by atoms with Crippen LogP contribution in [0.2, 0.25) is 0 Å². The molecule has 0 aliphatic rings. The highest BCUT2D eigenvalue weighted by Gasteiger charge is 2.16. The molecule has 10 heteroatoms. The van der Waals surface area contributed by atoms with Crippen LogP contribution in [-0.2, 0) is 4.79 Å². The summed E-state index contributed by atoms with van der Waals surface area (Å²) in [5.41, 5.74) is 3.38. The lowest BCUT2D eigenvalue weighted by Crippen LogP contribution is -2.24. The van der Waals surface area contributed by atoms with Gasteiger partial charge in [-0.1, -0.05) is 6.07 Å². The molecule has 0 bridgehead atoms. The molecule has 0 aliphatic heterocycles. The van der Waals surface area contributed by atoms with E-state index in [1.807, 2.05) is 0 Å². The van der Waals surface area contributed by atoms with Gasteiger partial charge in [0.2, 0.25) is 0 Å². The topological polar surface area (TPSA) is 114 Å². The third kappa shape index (κ3) is 5.27. The zero-order valence-electron chi connectivity index (χ0n) is 13.4. The molecule has 0 saturated carbocycles. The number of nitro groups is 1. The van der Waals surface area contributed by atoms with Crippen molar-refractivity contribution >= 4 is 49.7 Å². The first-order valence-electron chi connectivity index (χ1n) is 7.15. The Balaban J connectivity index is 1.95. The highest BCUT2D eigenvalue weighted by Crippen LogP contribution is 2.32. The van der Waals surface area contributed by atoms with Crippen LogP contribution < -0.4 is 10.2 Å². The number of carbonyl (C=O) groups is 1. The highest BCUT2D eigenvalue weighted by atomic mass is 79.9. The first-order chi connectivity index (χ1) is 12.3. The minimum atomic E-state index is -0.576. The van der Waals surface area contributed by atoms with Crippen LogP contribution in [0.25, 0.3) is 0 Å². The zero-order chi connectivity index (χ0) is 19.3. The summed E-state index contributed by atoms with van der Waals surface area (Å²) in [6.07, 6.45) is 1.38. The van der Waals surface area contributed by atoms with Gasteiger partial charge >= 0.3 is 5.69 Å². The van der Waals surface area contributed by atoms with Gasteiger partial charge in [0.1, 0.15) is 5.75 Å². The molecule has 0 aromatic heterocycles. The Bertz CT molecular complexity index is 863. The fourth-order valence-electron chi connectivity index (χ4n) is 1.91. The number of nitrogens with zero attached hydrogens (tertiary/aromatic N) is 2. The predicted octanol–water partition coefficient (Wildman–Crippen LogP) is 3.66. The Hall–Kier alpha value is -2.46. The molecule has 0 spiro atoms. The molecule has 136 valence electrons. The summed E-state index contributed by atoms with van der Waals surface area (Å²) in [7, 11) is 0. The number of aryl methyl sites for hydroxylation is 1. The molecule has 2 rings (SSSR count). The van der Waals surface area contributed by atoms with E-state index >= 15 is 0 Å². The van der Waals surface area contributed by atoms with E-state index in [0.29, 0.717) is 20.1 Å². The largest absolute Gasteiger partial charge is 0.506 e. The molecule has 0 saturated heterocycles. The van der Waals surface area contributed by atoms with Gasteiger partial charge in [0, 0.05) is 6.07 Å². The fourth-order valence-corrected chi connectivity index (χ4v) is 3.13. The van der Waals surface area contributed by atoms with Crippen molar-refractivity contribution in [1.82, 2.24) is 5.43 Å². The van der Waals surface area contributed by atoms with Crippen LogP contribution in [0.3, 0.4) is 0 Å². The van der Waals surface area contributed by atoms with E-state index in [0.717, 1.165) is 0 Å². The number of phenols is 1. The number of hydrogen-bond donors (Lipinski definition) is 2. The van der Waals surface area contributed by atoms with Crippen molar-refractivity contribution in [2.45, 2.75) is 6.92 Å². The standard InChI is InChI=1S/C16H13Br2N3O5/c1-9-2-3-14(13(4-9)21(24)25)26-8-15(22)20-19-7-10-5-11(17)16(23)12(18)6-10/h2-7,23H,8H2,1H3,(H,20,22). The minimum absolute atomic E-state index is 0.00567. The lowest BCUT2D eigenvalue weighted by atomic mass is 10.2. The van der Waals surface area contributed by atoms with E-state index < -0.39 is 17.4 Å². The van der Waals surface area contributed by atoms with Gasteiger partial charge in [-0.05, 0) is 68.1 Å². The third-order valence-electron chi connectivity index (χ3n) is 3.11. The molecular formula is C16H13Br2N3O5. The zero-order valence-corrected chi connectivity index (χ0v) is 16.6. The molecule has 2 aromatic carbocycles. The summed E-state index contributed by atoms with van der Waals surface area (Å²) < 4.78 is 6.13. The molecule has 26 heavy (non-hydrogen) atoms. The van der Waals surface area contributed by atoms with Gasteiger partial charge in [0.15, 0.2) is 12.4 Å². The molecule has 1 amide bonds. The molecule has 0 radical (unpaired) electrons. The molecule has 0 aliphatic carbocycles. The molecular weight excluding hydrogens is 474 g/mol. The molecule has 2 N–H and O–H groups in total. The Morgan fingerprint density at radius 1 is 1.35 bits per heavy atom. The monoisotopic (exact) mass is 485 g/mol. The van der Waals surface area contributed by atoms with Crippen LogP contribution in [0.4, 0.5) is 5.69 Å². The quantitative estimate of drug-likeness (QED) is 0.367. The highest BCUT2D eigenvalue weighted by molar-refractivity contribution is 9.11. The number of hydrazone groups is 1. The number of aromatic hydroxyl groups is 1. The first-order valence-corrected chi connectivity index (χ1v) is 8.74. The maximum Gasteiger partial charge on any atom is 0.311 e. The van der Waals surface area contributed by atoms with Crippen LogP contribution in [0.5, 0.6) is 11.5 Å². The van der Waals surface area contributed by atoms with Crippen LogP contribution >= 0.6 is 31.9 Å². The number of hydrogen-bond acceptors (Lipinski definition) is 6. The van der Waals surface area contributed by atoms with Crippen molar-refractivity contribution in [2.75, 3.05) is 6.61 Å². The maximum absolute atomic E-state index is 11.8. The van der Waals surface area contributed by atoms with Crippen molar-refractivity contribution in [3.8, 4) is 11.5 Å². The van der Waals surface area contributed by atoms with Gasteiger partial charge in [0.25, 0.3) is 5.91 Å². The van der Waals surface area contributed by atoms with Gasteiger partial charge in [-0.2, -0.15) is 5.10 Å². The number of ether oxygens (including phenoxy) is 1. The second kappa shape index (κ2) is 8.77. The SMILES string of the molecule is Cc1ccc(OCC(=O)NN=Cc2cc(Br)c(O)c(Br)c2)c([N+](=O)[O-])c1. The van der Waals surface area contributed by atoms with Crippen molar-refractivity contribution in [1.29, 1.82) is 0 Å².